The van der Waals surface area contributed by atoms with E-state index < -0.39 is 43.6 Å². The fourth-order valence-corrected chi connectivity index (χ4v) is 24.4. The van der Waals surface area contributed by atoms with E-state index in [4.69, 9.17) is 24.5 Å². The van der Waals surface area contributed by atoms with E-state index in [1.807, 2.05) is 87.9 Å². The summed E-state index contributed by atoms with van der Waals surface area (Å²) in [5.41, 5.74) is 12.5. The molecule has 763 valence electrons. The first kappa shape index (κ1) is 125. The Balaban J connectivity index is 0.000000342. The van der Waals surface area contributed by atoms with Crippen molar-refractivity contribution in [1.82, 2.24) is 15.3 Å². The van der Waals surface area contributed by atoms with Crippen LogP contribution in [-0.4, -0.2) is 88.3 Å². The van der Waals surface area contributed by atoms with Crippen LogP contribution in [0.15, 0.2) is 446 Å². The van der Waals surface area contributed by atoms with Crippen LogP contribution in [0.3, 0.4) is 0 Å². The quantitative estimate of drug-likeness (QED) is 0.0367. The molecule has 0 aliphatic carbocycles. The smallest absolute Gasteiger partial charge is 0.414 e. The summed E-state index contributed by atoms with van der Waals surface area (Å²) in [6, 6.07) is 146. The van der Waals surface area contributed by atoms with Gasteiger partial charge in [0.25, 0.3) is 11.9 Å². The first-order chi connectivity index (χ1) is 68.4. The van der Waals surface area contributed by atoms with Crippen LogP contribution in [0.5, 0.6) is 0 Å². The Morgan fingerprint density at radius 2 is 0.596 bits per heavy atom. The summed E-state index contributed by atoms with van der Waals surface area (Å²) in [4.78, 5) is 82.5. The maximum Gasteiger partial charge on any atom is 0.414 e. The van der Waals surface area contributed by atoms with Crippen LogP contribution < -0.4 is 89.8 Å². The van der Waals surface area contributed by atoms with Crippen LogP contribution in [0.25, 0.3) is 10.4 Å². The molecule has 146 heavy (non-hydrogen) atoms. The number of carbonyl (C=O) groups excluding carboxylic acids is 5. The summed E-state index contributed by atoms with van der Waals surface area (Å²) >= 11 is 6.43. The minimum absolute atomic E-state index is 0. The van der Waals surface area contributed by atoms with Gasteiger partial charge in [-0.25, -0.2) is 9.59 Å². The zero-order chi connectivity index (χ0) is 101. The molecule has 0 bridgehead atoms. The van der Waals surface area contributed by atoms with Crippen molar-refractivity contribution >= 4 is 199 Å². The van der Waals surface area contributed by atoms with E-state index in [9.17, 15) is 24.0 Å². The molecule has 0 saturated carbocycles. The average molecular weight is 2270 g/mol. The van der Waals surface area contributed by atoms with Crippen LogP contribution in [0.1, 0.15) is 79.2 Å². The normalized spacial score (nSPS) is 10.6. The fraction of sp³-hybridized carbons (Fsp3) is 0.134. The van der Waals surface area contributed by atoms with Crippen LogP contribution >= 0.6 is 70.3 Å². The molecule has 19 rings (SSSR count). The van der Waals surface area contributed by atoms with Gasteiger partial charge in [0.1, 0.15) is 13.2 Å². The number of aromatic nitrogens is 2. The van der Waals surface area contributed by atoms with E-state index in [-0.39, 0.29) is 89.7 Å². The molecular formula is C119H126BrCuN7O11P4PdS2. The maximum absolute atomic E-state index is 11.4. The Morgan fingerprint density at radius 1 is 0.342 bits per heavy atom. The number of hydrogen-bond acceptors (Lipinski definition) is 13. The number of ether oxygens (including phenoxy) is 2. The molecule has 27 heteroatoms. The maximum atomic E-state index is 11.4. The molecule has 18 nitrogen and oxygen atoms in total. The van der Waals surface area contributed by atoms with Crippen molar-refractivity contribution in [3.8, 4) is 10.4 Å². The van der Waals surface area contributed by atoms with Gasteiger partial charge in [-0.15, -0.1) is 22.7 Å². The van der Waals surface area contributed by atoms with Gasteiger partial charge in [-0.1, -0.05) is 398 Å². The van der Waals surface area contributed by atoms with E-state index >= 15 is 0 Å². The standard InChI is InChI=1S/4C18H15P.C12H14N2O3.C12H12N2OS.C10H13NO.C3H2BrNS.C3H5NO2.2C2H4O2.3CH4.Cu.Pd/c4*1-4-10-16(11-5-1)19(17-12-6-2-7-13-17)18-14-8-3-9-15-18;1-8-7-10(13-9(2)15)3-4-11(8)14-5-6-17-12(14)16;1-8-5-10(14-9(2)15)3-4-11(8)12-6-13-7-16-12;1-7-4-5-10(6-8(7)2)11-9(3)12;4-3-1-5-2-6-3;5-3-4-1-2-6-3;2*1-2(3)4;;;;;/h4*1-15H;3-4,7H,5-6H2,1-2H3,(H,13,15);3-7H,1-2H3,(H,14,15);4-6H,1-3H3,(H,11,12);1-2H;1-2H2,(H,4,5);2*1H3,(H,3,4);3*1H4;;. The van der Waals surface area contributed by atoms with Crippen LogP contribution in [-0.2, 0) is 70.9 Å². The molecule has 5 amide bonds. The van der Waals surface area contributed by atoms with Crippen molar-refractivity contribution in [1.29, 1.82) is 0 Å². The summed E-state index contributed by atoms with van der Waals surface area (Å²) in [7, 11) is -1.78. The number of alkyl carbamates (subject to hydrolysis) is 1. The van der Waals surface area contributed by atoms with Gasteiger partial charge < -0.3 is 41.0 Å². The van der Waals surface area contributed by atoms with E-state index in [0.717, 1.165) is 62.0 Å². The molecule has 2 aliphatic heterocycles. The SMILES string of the molecule is Brc1cncs1.C.C.C.CC(=O)Nc1ccc(-c2cncs2)c(C)c1.CC(=O)Nc1ccc(C)c(C)c1.CC(=O)Nc1ccc(N2CCOC2=O)c(C)c1.CC(=O)O.CC(=O)O.O=C1NCCO1.[Cu].[Pd].c1ccc(P(c2ccccc2)c2ccccc2)cc1.c1ccc(P(c2ccccc2)c2ccccc2)cc1.c1ccc(P(c2ccccc2)c2ccccc2)cc1.c1ccc(P(c2ccccc2)c2ccccc2)cc1. The number of amides is 5. The Labute approximate surface area is 907 Å². The van der Waals surface area contributed by atoms with Gasteiger partial charge in [-0.05, 0) is 209 Å². The number of cyclic esters (lactones) is 2. The van der Waals surface area contributed by atoms with Crippen LogP contribution in [0, 0.1) is 27.7 Å². The molecular weight excluding hydrogens is 2140 g/mol. The topological polar surface area (TPSA) is 256 Å². The van der Waals surface area contributed by atoms with Gasteiger partial charge in [0.2, 0.25) is 17.7 Å². The van der Waals surface area contributed by atoms with Crippen molar-refractivity contribution in [3.63, 3.8) is 0 Å². The molecule has 1 radical (unpaired) electrons. The van der Waals surface area contributed by atoms with Gasteiger partial charge in [0, 0.05) is 95.4 Å². The number of anilines is 4. The number of aryl methyl sites for hydroxylation is 4. The number of carboxylic acids is 2. The third-order valence-electron chi connectivity index (χ3n) is 19.8. The van der Waals surface area contributed by atoms with Gasteiger partial charge >= 0.3 is 12.2 Å². The second-order valence-electron chi connectivity index (χ2n) is 30.8. The molecule has 17 aromatic rings. The first-order valence-corrected chi connectivity index (χ1v) is 52.9. The number of nitrogens with one attached hydrogen (secondary N) is 4. The van der Waals surface area contributed by atoms with Gasteiger partial charge in [0.05, 0.1) is 44.7 Å². The number of halogens is 1. The number of carboxylic acid groups (broad SMARTS) is 2. The van der Waals surface area contributed by atoms with E-state index in [1.165, 1.54) is 95.6 Å². The van der Waals surface area contributed by atoms with E-state index in [1.54, 1.807) is 45.3 Å². The number of benzene rings is 15. The molecule has 0 atom stereocenters. The summed E-state index contributed by atoms with van der Waals surface area (Å²) < 4.78 is 10.4. The van der Waals surface area contributed by atoms with Crippen molar-refractivity contribution in [2.45, 2.75) is 84.6 Å². The molecule has 6 N–H and O–H groups in total. The van der Waals surface area contributed by atoms with Crippen molar-refractivity contribution in [2.75, 3.05) is 47.2 Å². The number of thiazole rings is 2. The number of rotatable bonds is 17. The summed E-state index contributed by atoms with van der Waals surface area (Å²) in [5, 5.41) is 42.3. The molecule has 0 spiro atoms. The molecule has 4 heterocycles. The number of aliphatic carboxylic acids is 2. The average Bonchev–Trinajstić information content (AvgIpc) is 1.32. The van der Waals surface area contributed by atoms with Crippen molar-refractivity contribution < 1.29 is 90.7 Å². The molecule has 2 aromatic heterocycles. The van der Waals surface area contributed by atoms with Crippen LogP contribution in [0.2, 0.25) is 0 Å². The summed E-state index contributed by atoms with van der Waals surface area (Å²) in [5.74, 6) is -1.86. The zero-order valence-electron chi connectivity index (χ0n) is 80.5. The number of carbonyl (C=O) groups is 7. The second-order valence-corrected chi connectivity index (χ2v) is 42.8. The minimum atomic E-state index is -0.833. The molecule has 0 unspecified atom stereocenters. The van der Waals surface area contributed by atoms with Gasteiger partial charge in [-0.2, -0.15) is 0 Å². The molecule has 15 aromatic carbocycles. The predicted molar refractivity (Wildman–Crippen MR) is 618 cm³/mol. The molecule has 2 fully saturated rings. The number of hydrogen-bond donors (Lipinski definition) is 6. The molecule has 2 aliphatic rings. The van der Waals surface area contributed by atoms with Gasteiger partial charge in [0.15, 0.2) is 0 Å². The fourth-order valence-electron chi connectivity index (χ4n) is 13.7. The van der Waals surface area contributed by atoms with Crippen molar-refractivity contribution in [3.05, 3.63) is 468 Å². The largest absolute Gasteiger partial charge is 0.481 e. The van der Waals surface area contributed by atoms with E-state index in [0.29, 0.717) is 26.3 Å². The third-order valence-corrected chi connectivity index (χ3v) is 31.7. The Hall–Kier alpha value is -13.2. The minimum Gasteiger partial charge on any atom is -0.481 e. The van der Waals surface area contributed by atoms with E-state index in [2.05, 4.69) is 416 Å². The van der Waals surface area contributed by atoms with Crippen LogP contribution in [0.4, 0.5) is 32.3 Å². The van der Waals surface area contributed by atoms with Gasteiger partial charge in [-0.3, -0.25) is 38.8 Å². The summed E-state index contributed by atoms with van der Waals surface area (Å²) in [6.07, 6.45) is 3.01. The Morgan fingerprint density at radius 3 is 0.781 bits per heavy atom. The Bertz CT molecular complexity index is 5690. The zero-order valence-corrected chi connectivity index (χ0v) is 89.8. The third kappa shape index (κ3) is 45.2. The number of nitrogens with zero attached hydrogens (tertiary/aromatic N) is 3. The Kier molecular flexibility index (Phi) is 60.5. The van der Waals surface area contributed by atoms with Crippen molar-refractivity contribution in [2.24, 2.45) is 0 Å². The first-order valence-electron chi connectivity index (χ1n) is 45.0. The summed E-state index contributed by atoms with van der Waals surface area (Å²) in [6.45, 7) is 16.8. The predicted octanol–water partition coefficient (Wildman–Crippen LogP) is 24.7. The monoisotopic (exact) mass is 2260 g/mol. The molecule has 2 saturated heterocycles. The second kappa shape index (κ2) is 70.6.